The molecule has 1 aliphatic rings. The first-order valence-corrected chi connectivity index (χ1v) is 5.68. The number of aliphatic hydroxyl groups is 1. The Morgan fingerprint density at radius 1 is 1.59 bits per heavy atom. The normalized spacial score (nSPS) is 22.3. The van der Waals surface area contributed by atoms with E-state index >= 15 is 0 Å². The van der Waals surface area contributed by atoms with Crippen molar-refractivity contribution in [3.63, 3.8) is 0 Å². The summed E-state index contributed by atoms with van der Waals surface area (Å²) >= 11 is 0. The molecule has 1 fully saturated rings. The fraction of sp³-hybridized carbons (Fsp3) is 0.462. The van der Waals surface area contributed by atoms with Crippen molar-refractivity contribution < 1.29 is 14.6 Å². The number of benzene rings is 1. The van der Waals surface area contributed by atoms with Gasteiger partial charge in [-0.2, -0.15) is 0 Å². The summed E-state index contributed by atoms with van der Waals surface area (Å²) in [5.74, 6) is 0.273. The zero-order valence-electron chi connectivity index (χ0n) is 10.1. The summed E-state index contributed by atoms with van der Waals surface area (Å²) < 4.78 is 4.74. The lowest BCUT2D eigenvalue weighted by Crippen LogP contribution is -2.10. The van der Waals surface area contributed by atoms with Gasteiger partial charge in [0.1, 0.15) is 0 Å². The van der Waals surface area contributed by atoms with Crippen LogP contribution in [-0.4, -0.2) is 24.8 Å². The lowest BCUT2D eigenvalue weighted by molar-refractivity contribution is 0.0601. The minimum Gasteiger partial charge on any atom is -0.465 e. The van der Waals surface area contributed by atoms with Gasteiger partial charge in [0.05, 0.1) is 12.7 Å². The van der Waals surface area contributed by atoms with Crippen LogP contribution in [0.1, 0.15) is 33.8 Å². The third-order valence-electron chi connectivity index (χ3n) is 3.49. The van der Waals surface area contributed by atoms with Gasteiger partial charge < -0.3 is 15.6 Å². The van der Waals surface area contributed by atoms with Gasteiger partial charge in [0.25, 0.3) is 0 Å². The van der Waals surface area contributed by atoms with Crippen molar-refractivity contribution in [2.24, 2.45) is 5.92 Å². The molecular formula is C13H17NO3. The average molecular weight is 235 g/mol. The molecule has 2 atom stereocenters. The number of nitrogens with two attached hydrogens (primary N) is 1. The van der Waals surface area contributed by atoms with Crippen LogP contribution in [0.4, 0.5) is 5.69 Å². The molecule has 17 heavy (non-hydrogen) atoms. The van der Waals surface area contributed by atoms with Crippen LogP contribution >= 0.6 is 0 Å². The Labute approximate surface area is 100 Å². The number of hydrogen-bond acceptors (Lipinski definition) is 4. The number of carbonyl (C=O) groups is 1. The molecule has 92 valence electrons. The van der Waals surface area contributed by atoms with E-state index in [1.807, 2.05) is 13.0 Å². The van der Waals surface area contributed by atoms with E-state index in [1.165, 1.54) is 7.11 Å². The highest BCUT2D eigenvalue weighted by atomic mass is 16.5. The first kappa shape index (κ1) is 11.9. The van der Waals surface area contributed by atoms with Crippen molar-refractivity contribution in [1.82, 2.24) is 0 Å². The van der Waals surface area contributed by atoms with Gasteiger partial charge in [0, 0.05) is 12.3 Å². The Morgan fingerprint density at radius 3 is 2.82 bits per heavy atom. The zero-order valence-corrected chi connectivity index (χ0v) is 10.1. The topological polar surface area (TPSA) is 72.5 Å². The zero-order chi connectivity index (χ0) is 12.6. The van der Waals surface area contributed by atoms with Crippen LogP contribution in [0.15, 0.2) is 12.1 Å². The number of rotatable bonds is 3. The Kier molecular flexibility index (Phi) is 3.07. The highest BCUT2D eigenvalue weighted by Crippen LogP contribution is 2.48. The fourth-order valence-electron chi connectivity index (χ4n) is 2.35. The summed E-state index contributed by atoms with van der Waals surface area (Å²) in [6, 6.07) is 3.68. The molecular weight excluding hydrogens is 218 g/mol. The number of nitrogen functional groups attached to an aromatic ring is 1. The van der Waals surface area contributed by atoms with Crippen molar-refractivity contribution >= 4 is 11.7 Å². The molecule has 0 saturated heterocycles. The summed E-state index contributed by atoms with van der Waals surface area (Å²) in [4.78, 5) is 11.6. The number of aliphatic hydroxyl groups excluding tert-OH is 1. The number of methoxy groups -OCH3 is 1. The van der Waals surface area contributed by atoms with Crippen LogP contribution in [0, 0.1) is 12.8 Å². The predicted molar refractivity (Wildman–Crippen MR) is 64.9 cm³/mol. The lowest BCUT2D eigenvalue weighted by atomic mass is 9.96. The molecule has 3 N–H and O–H groups in total. The van der Waals surface area contributed by atoms with Gasteiger partial charge in [0.2, 0.25) is 0 Å². The molecule has 0 spiro atoms. The second-order valence-corrected chi connectivity index (χ2v) is 4.52. The fourth-order valence-corrected chi connectivity index (χ4v) is 2.35. The monoisotopic (exact) mass is 235 g/mol. The molecule has 1 saturated carbocycles. The largest absolute Gasteiger partial charge is 0.465 e. The van der Waals surface area contributed by atoms with E-state index in [9.17, 15) is 4.79 Å². The van der Waals surface area contributed by atoms with E-state index in [2.05, 4.69) is 0 Å². The maximum absolute atomic E-state index is 11.6. The third-order valence-corrected chi connectivity index (χ3v) is 3.49. The first-order valence-electron chi connectivity index (χ1n) is 5.68. The Morgan fingerprint density at radius 2 is 2.29 bits per heavy atom. The van der Waals surface area contributed by atoms with E-state index in [-0.39, 0.29) is 6.61 Å². The van der Waals surface area contributed by atoms with E-state index in [4.69, 9.17) is 15.6 Å². The summed E-state index contributed by atoms with van der Waals surface area (Å²) in [7, 11) is 1.35. The van der Waals surface area contributed by atoms with Gasteiger partial charge in [-0.3, -0.25) is 0 Å². The molecule has 2 unspecified atom stereocenters. The predicted octanol–water partition coefficient (Wildman–Crippen LogP) is 1.46. The highest BCUT2D eigenvalue weighted by molar-refractivity contribution is 5.97. The molecule has 0 radical (unpaired) electrons. The number of esters is 1. The highest BCUT2D eigenvalue weighted by Gasteiger charge is 2.39. The maximum Gasteiger partial charge on any atom is 0.340 e. The van der Waals surface area contributed by atoms with E-state index < -0.39 is 5.97 Å². The number of ether oxygens (including phenoxy) is 1. The Balaban J connectivity index is 2.40. The molecule has 0 amide bonds. The molecule has 0 bridgehead atoms. The maximum atomic E-state index is 11.6. The number of anilines is 1. The molecule has 4 nitrogen and oxygen atoms in total. The lowest BCUT2D eigenvalue weighted by Gasteiger charge is -2.12. The van der Waals surface area contributed by atoms with Gasteiger partial charge in [0.15, 0.2) is 0 Å². The molecule has 2 rings (SSSR count). The molecule has 0 aromatic heterocycles. The number of carbonyl (C=O) groups excluding carboxylic acids is 1. The molecule has 0 heterocycles. The van der Waals surface area contributed by atoms with Crippen molar-refractivity contribution in [3.05, 3.63) is 28.8 Å². The standard InChI is InChI=1S/C13H17NO3/c1-7-9(10-5-8(10)6-15)3-4-11(14)12(7)13(16)17-2/h3-4,8,10,15H,5-6,14H2,1-2H3. The molecule has 1 aromatic rings. The summed E-state index contributed by atoms with van der Waals surface area (Å²) in [5.41, 5.74) is 8.67. The Hall–Kier alpha value is -1.55. The van der Waals surface area contributed by atoms with E-state index in [1.54, 1.807) is 6.07 Å². The smallest absolute Gasteiger partial charge is 0.340 e. The van der Waals surface area contributed by atoms with Gasteiger partial charge in [-0.1, -0.05) is 6.07 Å². The van der Waals surface area contributed by atoms with E-state index in [0.29, 0.717) is 23.1 Å². The third kappa shape index (κ3) is 2.00. The second-order valence-electron chi connectivity index (χ2n) is 4.52. The molecule has 1 aliphatic carbocycles. The first-order chi connectivity index (χ1) is 8.10. The number of hydrogen-bond donors (Lipinski definition) is 2. The van der Waals surface area contributed by atoms with Gasteiger partial charge in [-0.25, -0.2) is 4.79 Å². The van der Waals surface area contributed by atoms with Crippen LogP contribution in [0.25, 0.3) is 0 Å². The van der Waals surface area contributed by atoms with E-state index in [0.717, 1.165) is 17.5 Å². The molecule has 1 aromatic carbocycles. The minimum atomic E-state index is -0.400. The Bertz CT molecular complexity index is 456. The van der Waals surface area contributed by atoms with Gasteiger partial charge >= 0.3 is 5.97 Å². The van der Waals surface area contributed by atoms with Crippen LogP contribution in [0.3, 0.4) is 0 Å². The summed E-state index contributed by atoms with van der Waals surface area (Å²) in [6.45, 7) is 2.08. The molecule has 4 heteroatoms. The molecule has 0 aliphatic heterocycles. The minimum absolute atomic E-state index is 0.196. The van der Waals surface area contributed by atoms with Crippen LogP contribution < -0.4 is 5.73 Å². The summed E-state index contributed by atoms with van der Waals surface area (Å²) in [5, 5.41) is 9.09. The SMILES string of the molecule is COC(=O)c1c(N)ccc(C2CC2CO)c1C. The van der Waals surface area contributed by atoms with Gasteiger partial charge in [-0.05, 0) is 42.4 Å². The van der Waals surface area contributed by atoms with Crippen molar-refractivity contribution in [1.29, 1.82) is 0 Å². The van der Waals surface area contributed by atoms with Crippen molar-refractivity contribution in [2.75, 3.05) is 19.5 Å². The van der Waals surface area contributed by atoms with Crippen molar-refractivity contribution in [3.8, 4) is 0 Å². The average Bonchev–Trinajstić information content (AvgIpc) is 3.08. The van der Waals surface area contributed by atoms with Crippen LogP contribution in [-0.2, 0) is 4.74 Å². The van der Waals surface area contributed by atoms with Gasteiger partial charge in [-0.15, -0.1) is 0 Å². The second kappa shape index (κ2) is 4.37. The van der Waals surface area contributed by atoms with Crippen molar-refractivity contribution in [2.45, 2.75) is 19.3 Å². The van der Waals surface area contributed by atoms with Crippen LogP contribution in [0.2, 0.25) is 0 Å². The van der Waals surface area contributed by atoms with Crippen LogP contribution in [0.5, 0.6) is 0 Å². The quantitative estimate of drug-likeness (QED) is 0.614. The summed E-state index contributed by atoms with van der Waals surface area (Å²) in [6.07, 6.45) is 0.974.